The molecule has 5 nitrogen and oxygen atoms in total. The van der Waals surface area contributed by atoms with Crippen LogP contribution in [0, 0.1) is 5.41 Å². The lowest BCUT2D eigenvalue weighted by atomic mass is 9.81. The van der Waals surface area contributed by atoms with Gasteiger partial charge in [-0.2, -0.15) is 0 Å². The molecule has 3 N–H and O–H groups in total. The summed E-state index contributed by atoms with van der Waals surface area (Å²) in [6, 6.07) is 3.64. The summed E-state index contributed by atoms with van der Waals surface area (Å²) < 4.78 is 11.0. The summed E-state index contributed by atoms with van der Waals surface area (Å²) in [7, 11) is 0. The number of amides is 1. The number of hydrogen-bond donors (Lipinski definition) is 2. The summed E-state index contributed by atoms with van der Waals surface area (Å²) in [4.78, 5) is 12.4. The Morgan fingerprint density at radius 2 is 1.96 bits per heavy atom. The first-order valence-electron chi connectivity index (χ1n) is 7.62. The Balaban J connectivity index is 0.00000264. The summed E-state index contributed by atoms with van der Waals surface area (Å²) in [5.74, 6) is 1.17. The number of rotatable bonds is 6. The maximum atomic E-state index is 12.4. The molecule has 0 saturated heterocycles. The Bertz CT molecular complexity index is 540. The zero-order valence-corrected chi connectivity index (χ0v) is 15.1. The lowest BCUT2D eigenvalue weighted by Gasteiger charge is -2.28. The van der Waals surface area contributed by atoms with Gasteiger partial charge in [0.25, 0.3) is 0 Å². The minimum Gasteiger partial charge on any atom is -0.486 e. The molecule has 1 aliphatic heterocycles. The SMILES string of the molecule is CCC(CC)(CN)C(=O)NCc1cc(Cl)c2c(c1)OCCO2.Cl. The van der Waals surface area contributed by atoms with Crippen LogP contribution in [0.25, 0.3) is 0 Å². The van der Waals surface area contributed by atoms with Crippen molar-refractivity contribution in [2.45, 2.75) is 33.2 Å². The van der Waals surface area contributed by atoms with Gasteiger partial charge in [0, 0.05) is 13.1 Å². The van der Waals surface area contributed by atoms with Crippen molar-refractivity contribution in [1.29, 1.82) is 0 Å². The lowest BCUT2D eigenvalue weighted by molar-refractivity contribution is -0.131. The van der Waals surface area contributed by atoms with Crippen molar-refractivity contribution < 1.29 is 14.3 Å². The third-order valence-electron chi connectivity index (χ3n) is 4.34. The van der Waals surface area contributed by atoms with Gasteiger partial charge in [-0.15, -0.1) is 12.4 Å². The van der Waals surface area contributed by atoms with Gasteiger partial charge in [0.1, 0.15) is 13.2 Å². The lowest BCUT2D eigenvalue weighted by Crippen LogP contribution is -2.45. The van der Waals surface area contributed by atoms with E-state index in [-0.39, 0.29) is 18.3 Å². The van der Waals surface area contributed by atoms with Crippen LogP contribution >= 0.6 is 24.0 Å². The molecule has 0 bridgehead atoms. The predicted molar refractivity (Wildman–Crippen MR) is 93.6 cm³/mol. The third-order valence-corrected chi connectivity index (χ3v) is 4.62. The normalized spacial score (nSPS) is 13.2. The van der Waals surface area contributed by atoms with Crippen LogP contribution in [0.5, 0.6) is 11.5 Å². The van der Waals surface area contributed by atoms with E-state index < -0.39 is 5.41 Å². The smallest absolute Gasteiger partial charge is 0.227 e. The van der Waals surface area contributed by atoms with Crippen molar-refractivity contribution >= 4 is 29.9 Å². The van der Waals surface area contributed by atoms with E-state index in [0.29, 0.717) is 55.7 Å². The Labute approximate surface area is 148 Å². The molecule has 0 aliphatic carbocycles. The summed E-state index contributed by atoms with van der Waals surface area (Å²) in [5, 5.41) is 3.45. The largest absolute Gasteiger partial charge is 0.486 e. The minimum atomic E-state index is -0.502. The molecule has 130 valence electrons. The van der Waals surface area contributed by atoms with Gasteiger partial charge in [-0.05, 0) is 30.5 Å². The Morgan fingerprint density at radius 1 is 1.30 bits per heavy atom. The fourth-order valence-electron chi connectivity index (χ4n) is 2.59. The summed E-state index contributed by atoms with van der Waals surface area (Å²) >= 11 is 6.20. The molecule has 1 aromatic carbocycles. The first kappa shape index (κ1) is 19.9. The Kier molecular flexibility index (Phi) is 7.45. The van der Waals surface area contributed by atoms with Crippen molar-refractivity contribution in [3.05, 3.63) is 22.7 Å². The monoisotopic (exact) mass is 362 g/mol. The quantitative estimate of drug-likeness (QED) is 0.815. The summed E-state index contributed by atoms with van der Waals surface area (Å²) in [6.45, 7) is 5.69. The second-order valence-electron chi connectivity index (χ2n) is 5.48. The second kappa shape index (κ2) is 8.62. The van der Waals surface area contributed by atoms with E-state index in [1.54, 1.807) is 6.07 Å². The maximum Gasteiger partial charge on any atom is 0.227 e. The number of carbonyl (C=O) groups excluding carboxylic acids is 1. The molecular formula is C16H24Cl2N2O3. The van der Waals surface area contributed by atoms with E-state index in [0.717, 1.165) is 5.56 Å². The van der Waals surface area contributed by atoms with Crippen molar-refractivity contribution in [1.82, 2.24) is 5.32 Å². The van der Waals surface area contributed by atoms with Crippen LogP contribution in [0.3, 0.4) is 0 Å². The van der Waals surface area contributed by atoms with Crippen LogP contribution in [-0.4, -0.2) is 25.7 Å². The average Bonchev–Trinajstić information content (AvgIpc) is 2.55. The number of benzene rings is 1. The molecule has 1 amide bonds. The van der Waals surface area contributed by atoms with Crippen molar-refractivity contribution in [3.63, 3.8) is 0 Å². The molecule has 1 aromatic rings. The zero-order valence-electron chi connectivity index (χ0n) is 13.5. The molecule has 0 radical (unpaired) electrons. The fraction of sp³-hybridized carbons (Fsp3) is 0.562. The third kappa shape index (κ3) is 4.22. The van der Waals surface area contributed by atoms with Crippen LogP contribution < -0.4 is 20.5 Å². The molecule has 0 saturated carbocycles. The first-order valence-corrected chi connectivity index (χ1v) is 8.00. The maximum absolute atomic E-state index is 12.4. The van der Waals surface area contributed by atoms with E-state index in [1.807, 2.05) is 19.9 Å². The number of hydrogen-bond acceptors (Lipinski definition) is 4. The average molecular weight is 363 g/mol. The van der Waals surface area contributed by atoms with Gasteiger partial charge in [0.2, 0.25) is 5.91 Å². The number of nitrogens with two attached hydrogens (primary N) is 1. The molecular weight excluding hydrogens is 339 g/mol. The second-order valence-corrected chi connectivity index (χ2v) is 5.88. The molecule has 1 heterocycles. The number of nitrogens with one attached hydrogen (secondary N) is 1. The highest BCUT2D eigenvalue weighted by atomic mass is 35.5. The van der Waals surface area contributed by atoms with E-state index in [2.05, 4.69) is 5.32 Å². The van der Waals surface area contributed by atoms with Gasteiger partial charge >= 0.3 is 0 Å². The molecule has 23 heavy (non-hydrogen) atoms. The number of ether oxygens (including phenoxy) is 2. The molecule has 0 fully saturated rings. The topological polar surface area (TPSA) is 73.6 Å². The highest BCUT2D eigenvalue weighted by molar-refractivity contribution is 6.32. The fourth-order valence-corrected chi connectivity index (χ4v) is 2.88. The molecule has 0 aromatic heterocycles. The molecule has 1 aliphatic rings. The van der Waals surface area contributed by atoms with Gasteiger partial charge in [0.05, 0.1) is 10.4 Å². The van der Waals surface area contributed by atoms with E-state index >= 15 is 0 Å². The van der Waals surface area contributed by atoms with E-state index in [9.17, 15) is 4.79 Å². The summed E-state index contributed by atoms with van der Waals surface area (Å²) in [6.07, 6.45) is 1.43. The van der Waals surface area contributed by atoms with Crippen LogP contribution in [-0.2, 0) is 11.3 Å². The minimum absolute atomic E-state index is 0. The summed E-state index contributed by atoms with van der Waals surface area (Å²) in [5.41, 5.74) is 6.17. The van der Waals surface area contributed by atoms with Crippen molar-refractivity contribution in [3.8, 4) is 11.5 Å². The van der Waals surface area contributed by atoms with Gasteiger partial charge in [-0.25, -0.2) is 0 Å². The predicted octanol–water partition coefficient (Wildman–Crippen LogP) is 2.91. The highest BCUT2D eigenvalue weighted by Gasteiger charge is 2.33. The van der Waals surface area contributed by atoms with Crippen LogP contribution in [0.4, 0.5) is 0 Å². The standard InChI is InChI=1S/C16H23ClN2O3.ClH/c1-3-16(4-2,10-18)15(20)19-9-11-7-12(17)14-13(8-11)21-5-6-22-14;/h7-8H,3-6,9-10,18H2,1-2H3,(H,19,20);1H. The highest BCUT2D eigenvalue weighted by Crippen LogP contribution is 2.38. The first-order chi connectivity index (χ1) is 10.6. The molecule has 0 unspecified atom stereocenters. The van der Waals surface area contributed by atoms with Gasteiger partial charge in [0.15, 0.2) is 11.5 Å². The van der Waals surface area contributed by atoms with Crippen LogP contribution in [0.1, 0.15) is 32.3 Å². The van der Waals surface area contributed by atoms with Gasteiger partial charge in [-0.1, -0.05) is 25.4 Å². The number of fused-ring (bicyclic) bond motifs is 1. The van der Waals surface area contributed by atoms with Crippen LogP contribution in [0.2, 0.25) is 5.02 Å². The molecule has 0 atom stereocenters. The van der Waals surface area contributed by atoms with Gasteiger partial charge in [-0.3, -0.25) is 4.79 Å². The van der Waals surface area contributed by atoms with Crippen molar-refractivity contribution in [2.75, 3.05) is 19.8 Å². The van der Waals surface area contributed by atoms with Crippen molar-refractivity contribution in [2.24, 2.45) is 11.1 Å². The van der Waals surface area contributed by atoms with Crippen LogP contribution in [0.15, 0.2) is 12.1 Å². The molecule has 0 spiro atoms. The van der Waals surface area contributed by atoms with E-state index in [4.69, 9.17) is 26.8 Å². The van der Waals surface area contributed by atoms with Gasteiger partial charge < -0.3 is 20.5 Å². The molecule has 2 rings (SSSR count). The van der Waals surface area contributed by atoms with E-state index in [1.165, 1.54) is 0 Å². The Morgan fingerprint density at radius 3 is 2.57 bits per heavy atom. The Hall–Kier alpha value is -1.17. The number of carbonyl (C=O) groups is 1. The number of halogens is 2. The molecule has 7 heteroatoms. The zero-order chi connectivity index (χ0) is 16.2.